The first kappa shape index (κ1) is 23.0. The number of hydrogen-bond acceptors (Lipinski definition) is 6. The highest BCUT2D eigenvalue weighted by atomic mass is 35.5. The number of aromatic nitrogens is 3. The Hall–Kier alpha value is -3.46. The predicted molar refractivity (Wildman–Crippen MR) is 135 cm³/mol. The molecule has 4 heterocycles. The SMILES string of the molecule is COc1ccc(-c2cc(C(=O)N3CCC4(CC3)OCCO4)n3nc(-c4ccc(Cl)cc4)cc3n2)cc1. The maximum absolute atomic E-state index is 13.8. The number of ether oxygens (including phenoxy) is 3. The molecule has 36 heavy (non-hydrogen) atoms. The number of nitrogens with zero attached hydrogens (tertiary/aromatic N) is 4. The van der Waals surface area contributed by atoms with E-state index in [4.69, 9.17) is 35.9 Å². The normalized spacial score (nSPS) is 17.1. The van der Waals surface area contributed by atoms with Gasteiger partial charge in [0, 0.05) is 48.1 Å². The maximum Gasteiger partial charge on any atom is 0.272 e. The molecular weight excluding hydrogens is 480 g/mol. The third-order valence-electron chi connectivity index (χ3n) is 6.80. The van der Waals surface area contributed by atoms with E-state index in [0.717, 1.165) is 16.9 Å². The average Bonchev–Trinajstić information content (AvgIpc) is 3.56. The minimum Gasteiger partial charge on any atom is -0.497 e. The van der Waals surface area contributed by atoms with Gasteiger partial charge < -0.3 is 19.1 Å². The third kappa shape index (κ3) is 4.21. The smallest absolute Gasteiger partial charge is 0.272 e. The fraction of sp³-hybridized carbons (Fsp3) is 0.296. The minimum atomic E-state index is -0.550. The highest BCUT2D eigenvalue weighted by Gasteiger charge is 2.41. The van der Waals surface area contributed by atoms with Crippen LogP contribution in [-0.2, 0) is 9.47 Å². The zero-order valence-electron chi connectivity index (χ0n) is 19.8. The molecule has 184 valence electrons. The lowest BCUT2D eigenvalue weighted by Gasteiger charge is -2.37. The predicted octanol–water partition coefficient (Wildman–Crippen LogP) is 4.70. The largest absolute Gasteiger partial charge is 0.497 e. The van der Waals surface area contributed by atoms with Crippen LogP contribution < -0.4 is 4.74 Å². The van der Waals surface area contributed by atoms with Gasteiger partial charge in [-0.1, -0.05) is 23.7 Å². The van der Waals surface area contributed by atoms with E-state index in [2.05, 4.69) is 0 Å². The lowest BCUT2D eigenvalue weighted by Crippen LogP contribution is -2.47. The molecule has 0 atom stereocenters. The van der Waals surface area contributed by atoms with Gasteiger partial charge in [0.15, 0.2) is 11.4 Å². The van der Waals surface area contributed by atoms with Crippen molar-refractivity contribution in [2.24, 2.45) is 0 Å². The standard InChI is InChI=1S/C27H25ClN4O4/c1-34-21-8-4-18(5-9-21)22-16-24(26(33)31-12-10-27(11-13-31)35-14-15-36-27)32-25(29-22)17-23(30-32)19-2-6-20(28)7-3-19/h2-9,16-17H,10-15H2,1H3. The Labute approximate surface area is 213 Å². The van der Waals surface area contributed by atoms with E-state index in [0.29, 0.717) is 66.9 Å². The third-order valence-corrected chi connectivity index (χ3v) is 7.05. The lowest BCUT2D eigenvalue weighted by atomic mass is 10.0. The van der Waals surface area contributed by atoms with Crippen molar-refractivity contribution in [3.63, 3.8) is 0 Å². The molecular formula is C27H25ClN4O4. The Bertz CT molecular complexity index is 1400. The molecule has 1 spiro atoms. The summed E-state index contributed by atoms with van der Waals surface area (Å²) in [5.74, 6) is 0.103. The van der Waals surface area contributed by atoms with E-state index in [9.17, 15) is 4.79 Å². The molecule has 1 amide bonds. The first-order valence-electron chi connectivity index (χ1n) is 11.9. The van der Waals surface area contributed by atoms with Crippen LogP contribution in [0.25, 0.3) is 28.2 Å². The summed E-state index contributed by atoms with van der Waals surface area (Å²) in [6.45, 7) is 2.30. The molecule has 0 saturated carbocycles. The number of likely N-dealkylation sites (tertiary alicyclic amines) is 1. The van der Waals surface area contributed by atoms with Crippen molar-refractivity contribution in [2.75, 3.05) is 33.4 Å². The monoisotopic (exact) mass is 504 g/mol. The Morgan fingerprint density at radius 1 is 0.944 bits per heavy atom. The summed E-state index contributed by atoms with van der Waals surface area (Å²) >= 11 is 6.07. The Morgan fingerprint density at radius 3 is 2.25 bits per heavy atom. The highest BCUT2D eigenvalue weighted by Crippen LogP contribution is 2.32. The van der Waals surface area contributed by atoms with Crippen LogP contribution in [0, 0.1) is 0 Å². The van der Waals surface area contributed by atoms with Crippen LogP contribution in [-0.4, -0.2) is 64.6 Å². The molecule has 0 unspecified atom stereocenters. The number of methoxy groups -OCH3 is 1. The van der Waals surface area contributed by atoms with Crippen LogP contribution in [0.5, 0.6) is 5.75 Å². The molecule has 2 fully saturated rings. The van der Waals surface area contributed by atoms with Crippen molar-refractivity contribution in [3.05, 3.63) is 71.4 Å². The maximum atomic E-state index is 13.8. The second-order valence-electron chi connectivity index (χ2n) is 8.96. The topological polar surface area (TPSA) is 78.2 Å². The molecule has 0 radical (unpaired) electrons. The number of hydrogen-bond donors (Lipinski definition) is 0. The summed E-state index contributed by atoms with van der Waals surface area (Å²) < 4.78 is 18.6. The molecule has 2 aliphatic heterocycles. The number of benzene rings is 2. The van der Waals surface area contributed by atoms with E-state index in [1.165, 1.54) is 0 Å². The number of rotatable bonds is 4. The van der Waals surface area contributed by atoms with E-state index in [1.54, 1.807) is 11.6 Å². The quantitative estimate of drug-likeness (QED) is 0.401. The van der Waals surface area contributed by atoms with E-state index in [1.807, 2.05) is 65.6 Å². The molecule has 9 heteroatoms. The zero-order chi connectivity index (χ0) is 24.7. The van der Waals surface area contributed by atoms with Gasteiger partial charge in [-0.15, -0.1) is 0 Å². The van der Waals surface area contributed by atoms with Gasteiger partial charge in [0.25, 0.3) is 5.91 Å². The van der Waals surface area contributed by atoms with Gasteiger partial charge in [0.1, 0.15) is 11.4 Å². The van der Waals surface area contributed by atoms with Crippen LogP contribution in [0.1, 0.15) is 23.3 Å². The van der Waals surface area contributed by atoms with Crippen LogP contribution in [0.2, 0.25) is 5.02 Å². The molecule has 2 aliphatic rings. The van der Waals surface area contributed by atoms with Crippen molar-refractivity contribution < 1.29 is 19.0 Å². The van der Waals surface area contributed by atoms with Crippen molar-refractivity contribution in [1.29, 1.82) is 0 Å². The van der Waals surface area contributed by atoms with Crippen LogP contribution >= 0.6 is 11.6 Å². The van der Waals surface area contributed by atoms with Gasteiger partial charge in [-0.2, -0.15) is 5.10 Å². The van der Waals surface area contributed by atoms with Crippen molar-refractivity contribution in [1.82, 2.24) is 19.5 Å². The molecule has 6 rings (SSSR count). The number of amides is 1. The van der Waals surface area contributed by atoms with E-state index in [-0.39, 0.29) is 5.91 Å². The Morgan fingerprint density at radius 2 is 1.58 bits per heavy atom. The fourth-order valence-corrected chi connectivity index (χ4v) is 4.92. The van der Waals surface area contributed by atoms with Crippen LogP contribution in [0.15, 0.2) is 60.7 Å². The van der Waals surface area contributed by atoms with E-state index < -0.39 is 5.79 Å². The second-order valence-corrected chi connectivity index (χ2v) is 9.40. The summed E-state index contributed by atoms with van der Waals surface area (Å²) in [7, 11) is 1.63. The van der Waals surface area contributed by atoms with Gasteiger partial charge in [-0.25, -0.2) is 9.50 Å². The first-order valence-corrected chi connectivity index (χ1v) is 12.3. The molecule has 8 nitrogen and oxygen atoms in total. The number of piperidine rings is 1. The van der Waals surface area contributed by atoms with Crippen molar-refractivity contribution in [2.45, 2.75) is 18.6 Å². The lowest BCUT2D eigenvalue weighted by molar-refractivity contribution is -0.181. The molecule has 0 N–H and O–H groups in total. The molecule has 2 saturated heterocycles. The zero-order valence-corrected chi connectivity index (χ0v) is 20.6. The van der Waals surface area contributed by atoms with Gasteiger partial charge in [-0.3, -0.25) is 4.79 Å². The molecule has 2 aromatic carbocycles. The summed E-state index contributed by atoms with van der Waals surface area (Å²) in [5, 5.41) is 5.41. The summed E-state index contributed by atoms with van der Waals surface area (Å²) in [4.78, 5) is 20.5. The highest BCUT2D eigenvalue weighted by molar-refractivity contribution is 6.30. The van der Waals surface area contributed by atoms with Crippen LogP contribution in [0.4, 0.5) is 0 Å². The number of halogens is 1. The summed E-state index contributed by atoms with van der Waals surface area (Å²) in [5.41, 5.74) is 4.22. The molecule has 2 aromatic heterocycles. The number of carbonyl (C=O) groups is 1. The molecule has 0 bridgehead atoms. The minimum absolute atomic E-state index is 0.101. The Balaban J connectivity index is 1.40. The fourth-order valence-electron chi connectivity index (χ4n) is 4.80. The summed E-state index contributed by atoms with van der Waals surface area (Å²) in [6.07, 6.45) is 1.29. The Kier molecular flexibility index (Phi) is 5.87. The number of carbonyl (C=O) groups excluding carboxylic acids is 1. The van der Waals surface area contributed by atoms with Crippen molar-refractivity contribution >= 4 is 23.2 Å². The first-order chi connectivity index (χ1) is 17.5. The van der Waals surface area contributed by atoms with Crippen molar-refractivity contribution in [3.8, 4) is 28.3 Å². The van der Waals surface area contributed by atoms with Gasteiger partial charge >= 0.3 is 0 Å². The van der Waals surface area contributed by atoms with Gasteiger partial charge in [0.05, 0.1) is 31.7 Å². The van der Waals surface area contributed by atoms with Crippen LogP contribution in [0.3, 0.4) is 0 Å². The summed E-state index contributed by atoms with van der Waals surface area (Å²) in [6, 6.07) is 18.8. The average molecular weight is 505 g/mol. The van der Waals surface area contributed by atoms with E-state index >= 15 is 0 Å². The second kappa shape index (κ2) is 9.20. The molecule has 4 aromatic rings. The number of fused-ring (bicyclic) bond motifs is 1. The van der Waals surface area contributed by atoms with Gasteiger partial charge in [-0.05, 0) is 42.5 Å². The van der Waals surface area contributed by atoms with Gasteiger partial charge in [0.2, 0.25) is 0 Å². The molecule has 0 aliphatic carbocycles.